The van der Waals surface area contributed by atoms with Gasteiger partial charge in [0, 0.05) is 3.57 Å². The number of benzene rings is 1. The molecule has 1 aromatic rings. The second kappa shape index (κ2) is 4.56. The summed E-state index contributed by atoms with van der Waals surface area (Å²) in [5.41, 5.74) is -2.17. The van der Waals surface area contributed by atoms with Crippen LogP contribution < -0.4 is 0 Å². The van der Waals surface area contributed by atoms with Crippen LogP contribution in [0.2, 0.25) is 0 Å². The van der Waals surface area contributed by atoms with Crippen LogP contribution in [0.25, 0.3) is 0 Å². The zero-order chi connectivity index (χ0) is 12.5. The summed E-state index contributed by atoms with van der Waals surface area (Å²) in [5, 5.41) is 0. The van der Waals surface area contributed by atoms with E-state index in [4.69, 9.17) is 0 Å². The predicted molar refractivity (Wildman–Crippen MR) is 55.5 cm³/mol. The van der Waals surface area contributed by atoms with Crippen LogP contribution in [0.1, 0.15) is 15.9 Å². The first-order valence-electron chi connectivity index (χ1n) is 3.92. The smallest absolute Gasteiger partial charge is 0.419 e. The highest BCUT2D eigenvalue weighted by Gasteiger charge is 2.36. The van der Waals surface area contributed by atoms with E-state index in [1.54, 1.807) is 22.6 Å². The van der Waals surface area contributed by atoms with Gasteiger partial charge in [0.2, 0.25) is 0 Å². The maximum Gasteiger partial charge on any atom is 0.419 e. The van der Waals surface area contributed by atoms with Gasteiger partial charge in [-0.15, -0.1) is 0 Å². The highest BCUT2D eigenvalue weighted by Crippen LogP contribution is 2.34. The van der Waals surface area contributed by atoms with Crippen LogP contribution >= 0.6 is 22.6 Å². The number of alkyl halides is 3. The SMILES string of the molecule is COC(=O)c1c(I)ccc(C(F)(F)F)c1F. The van der Waals surface area contributed by atoms with Gasteiger partial charge in [-0.3, -0.25) is 0 Å². The Hall–Kier alpha value is -0.860. The third kappa shape index (κ3) is 2.45. The average molecular weight is 348 g/mol. The lowest BCUT2D eigenvalue weighted by Crippen LogP contribution is -2.14. The lowest BCUT2D eigenvalue weighted by atomic mass is 10.1. The van der Waals surface area contributed by atoms with Crippen molar-refractivity contribution >= 4 is 28.6 Å². The van der Waals surface area contributed by atoms with Crippen LogP contribution in [0.3, 0.4) is 0 Å². The molecular formula is C9H5F4IO2. The highest BCUT2D eigenvalue weighted by molar-refractivity contribution is 14.1. The molecule has 0 aromatic heterocycles. The van der Waals surface area contributed by atoms with Gasteiger partial charge in [-0.25, -0.2) is 9.18 Å². The topological polar surface area (TPSA) is 26.3 Å². The Morgan fingerprint density at radius 3 is 2.38 bits per heavy atom. The Bertz CT molecular complexity index is 428. The van der Waals surface area contributed by atoms with Crippen LogP contribution in [0.15, 0.2) is 12.1 Å². The van der Waals surface area contributed by atoms with Gasteiger partial charge >= 0.3 is 12.1 Å². The van der Waals surface area contributed by atoms with Crippen molar-refractivity contribution in [1.29, 1.82) is 0 Å². The van der Waals surface area contributed by atoms with Crippen LogP contribution in [-0.4, -0.2) is 13.1 Å². The van der Waals surface area contributed by atoms with Gasteiger partial charge in [0.15, 0.2) is 5.82 Å². The van der Waals surface area contributed by atoms with E-state index >= 15 is 0 Å². The van der Waals surface area contributed by atoms with E-state index in [-0.39, 0.29) is 3.57 Å². The fraction of sp³-hybridized carbons (Fsp3) is 0.222. The fourth-order valence-electron chi connectivity index (χ4n) is 1.06. The number of carbonyl (C=O) groups is 1. The number of hydrogen-bond acceptors (Lipinski definition) is 2. The molecule has 0 spiro atoms. The largest absolute Gasteiger partial charge is 0.465 e. The van der Waals surface area contributed by atoms with E-state index in [2.05, 4.69) is 4.74 Å². The first kappa shape index (κ1) is 13.2. The summed E-state index contributed by atoms with van der Waals surface area (Å²) in [6.45, 7) is 0. The number of hydrogen-bond donors (Lipinski definition) is 0. The molecule has 0 saturated carbocycles. The van der Waals surface area contributed by atoms with Crippen molar-refractivity contribution in [2.24, 2.45) is 0 Å². The van der Waals surface area contributed by atoms with Crippen LogP contribution in [0, 0.1) is 9.39 Å². The normalized spacial score (nSPS) is 11.4. The maximum absolute atomic E-state index is 13.4. The van der Waals surface area contributed by atoms with Gasteiger partial charge in [0.1, 0.15) is 5.56 Å². The first-order chi connectivity index (χ1) is 7.29. The molecular weight excluding hydrogens is 343 g/mol. The van der Waals surface area contributed by atoms with Crippen molar-refractivity contribution in [2.45, 2.75) is 6.18 Å². The van der Waals surface area contributed by atoms with Gasteiger partial charge in [0.25, 0.3) is 0 Å². The molecule has 0 fully saturated rings. The maximum atomic E-state index is 13.4. The molecule has 2 nitrogen and oxygen atoms in total. The minimum Gasteiger partial charge on any atom is -0.465 e. The molecule has 0 radical (unpaired) electrons. The summed E-state index contributed by atoms with van der Waals surface area (Å²) in [6, 6.07) is 1.60. The minimum absolute atomic E-state index is 0.0648. The van der Waals surface area contributed by atoms with E-state index in [1.807, 2.05) is 0 Å². The molecule has 1 rings (SSSR count). The molecule has 0 aliphatic heterocycles. The van der Waals surface area contributed by atoms with Gasteiger partial charge in [0.05, 0.1) is 12.7 Å². The second-order valence-corrected chi connectivity index (χ2v) is 3.94. The molecule has 16 heavy (non-hydrogen) atoms. The van der Waals surface area contributed by atoms with Crippen molar-refractivity contribution < 1.29 is 27.1 Å². The van der Waals surface area contributed by atoms with Crippen molar-refractivity contribution in [3.05, 3.63) is 32.6 Å². The molecule has 0 unspecified atom stereocenters. The molecule has 7 heteroatoms. The predicted octanol–water partition coefficient (Wildman–Crippen LogP) is 3.24. The van der Waals surface area contributed by atoms with Crippen LogP contribution in [-0.2, 0) is 10.9 Å². The van der Waals surface area contributed by atoms with E-state index in [1.165, 1.54) is 0 Å². The fourth-order valence-corrected chi connectivity index (χ4v) is 1.70. The third-order valence-electron chi connectivity index (χ3n) is 1.79. The molecule has 0 aliphatic rings. The number of halogens is 5. The third-order valence-corrected chi connectivity index (χ3v) is 2.68. The lowest BCUT2D eigenvalue weighted by molar-refractivity contribution is -0.140. The quantitative estimate of drug-likeness (QED) is 0.443. The van der Waals surface area contributed by atoms with Crippen molar-refractivity contribution in [1.82, 2.24) is 0 Å². The summed E-state index contributed by atoms with van der Waals surface area (Å²) < 4.78 is 54.7. The molecule has 0 amide bonds. The van der Waals surface area contributed by atoms with Crippen LogP contribution in [0.5, 0.6) is 0 Å². The van der Waals surface area contributed by atoms with Crippen molar-refractivity contribution in [3.63, 3.8) is 0 Å². The Kier molecular flexibility index (Phi) is 3.76. The number of rotatable bonds is 1. The summed E-state index contributed by atoms with van der Waals surface area (Å²) in [6.07, 6.45) is -4.84. The standard InChI is InChI=1S/C9H5F4IO2/c1-16-8(15)6-5(14)3-2-4(7(6)10)9(11,12)13/h2-3H,1H3. The lowest BCUT2D eigenvalue weighted by Gasteiger charge is -2.11. The van der Waals surface area contributed by atoms with Gasteiger partial charge in [-0.1, -0.05) is 0 Å². The van der Waals surface area contributed by atoms with E-state index < -0.39 is 29.1 Å². The second-order valence-electron chi connectivity index (χ2n) is 2.77. The molecule has 0 heterocycles. The highest BCUT2D eigenvalue weighted by atomic mass is 127. The molecule has 0 aliphatic carbocycles. The Morgan fingerprint density at radius 1 is 1.38 bits per heavy atom. The zero-order valence-electron chi connectivity index (χ0n) is 7.86. The summed E-state index contributed by atoms with van der Waals surface area (Å²) >= 11 is 1.56. The molecule has 88 valence electrons. The molecule has 0 atom stereocenters. The Balaban J connectivity index is 3.45. The molecule has 0 N–H and O–H groups in total. The number of esters is 1. The minimum atomic E-state index is -4.84. The van der Waals surface area contributed by atoms with Crippen molar-refractivity contribution in [2.75, 3.05) is 7.11 Å². The number of carbonyl (C=O) groups excluding carboxylic acids is 1. The van der Waals surface area contributed by atoms with E-state index in [9.17, 15) is 22.4 Å². The van der Waals surface area contributed by atoms with E-state index in [0.29, 0.717) is 6.07 Å². The Labute approximate surface area is 102 Å². The zero-order valence-corrected chi connectivity index (χ0v) is 10.0. The summed E-state index contributed by atoms with van der Waals surface area (Å²) in [7, 11) is 0.970. The monoisotopic (exact) mass is 348 g/mol. The van der Waals surface area contributed by atoms with Gasteiger partial charge < -0.3 is 4.74 Å². The number of methoxy groups -OCH3 is 1. The number of ether oxygens (including phenoxy) is 1. The van der Waals surface area contributed by atoms with Crippen LogP contribution in [0.4, 0.5) is 17.6 Å². The summed E-state index contributed by atoms with van der Waals surface area (Å²) in [4.78, 5) is 11.1. The van der Waals surface area contributed by atoms with Gasteiger partial charge in [-0.05, 0) is 34.7 Å². The molecule has 0 bridgehead atoms. The van der Waals surface area contributed by atoms with E-state index in [0.717, 1.165) is 13.2 Å². The average Bonchev–Trinajstić information content (AvgIpc) is 2.15. The van der Waals surface area contributed by atoms with Crippen molar-refractivity contribution in [3.8, 4) is 0 Å². The molecule has 1 aromatic carbocycles. The summed E-state index contributed by atoms with van der Waals surface area (Å²) in [5.74, 6) is -2.74. The first-order valence-corrected chi connectivity index (χ1v) is 5.00. The molecule has 0 saturated heterocycles. The Morgan fingerprint density at radius 2 is 1.94 bits per heavy atom. The van der Waals surface area contributed by atoms with Gasteiger partial charge in [-0.2, -0.15) is 13.2 Å².